The molecule has 2 aliphatic heterocycles. The first-order valence-corrected chi connectivity index (χ1v) is 16.6. The minimum absolute atomic E-state index is 0.0106. The van der Waals surface area contributed by atoms with Gasteiger partial charge >= 0.3 is 5.97 Å². The lowest BCUT2D eigenvalue weighted by atomic mass is 9.81. The highest BCUT2D eigenvalue weighted by Crippen LogP contribution is 2.45. The van der Waals surface area contributed by atoms with E-state index >= 15 is 0 Å². The quantitative estimate of drug-likeness (QED) is 0.251. The van der Waals surface area contributed by atoms with Gasteiger partial charge in [0, 0.05) is 60.8 Å². The van der Waals surface area contributed by atoms with E-state index in [0.29, 0.717) is 11.3 Å². The van der Waals surface area contributed by atoms with Crippen LogP contribution in [-0.2, 0) is 29.0 Å². The van der Waals surface area contributed by atoms with Crippen molar-refractivity contribution in [1.29, 1.82) is 0 Å². The standard InChI is InChI=1S/C38H51N3O5/c1-25-32(28-12-13-29-23-40(17-14-27(29)22-28)24-30-10-8-9-11-31(30)45-21-20-42)34(41-18-15-38(6,7)16-19-41)33(26(2)39-25)35(36(43)44)46-37(3,4)5/h8-13,22,35,42H,14-21,23-24H2,1-7H3,(H,43,44)/t35-/m0/s1. The highest BCUT2D eigenvalue weighted by Gasteiger charge is 2.36. The fourth-order valence-corrected chi connectivity index (χ4v) is 6.83. The number of aliphatic carboxylic acids is 1. The molecule has 0 aliphatic carbocycles. The zero-order valence-electron chi connectivity index (χ0n) is 28.7. The Morgan fingerprint density at radius 1 is 1.02 bits per heavy atom. The molecule has 0 saturated carbocycles. The fourth-order valence-electron chi connectivity index (χ4n) is 6.83. The number of pyridine rings is 1. The lowest BCUT2D eigenvalue weighted by Crippen LogP contribution is -2.39. The first-order valence-electron chi connectivity index (χ1n) is 16.6. The molecule has 0 bridgehead atoms. The number of hydrogen-bond acceptors (Lipinski definition) is 7. The van der Waals surface area contributed by atoms with Crippen molar-refractivity contribution in [2.24, 2.45) is 5.41 Å². The van der Waals surface area contributed by atoms with Crippen molar-refractivity contribution >= 4 is 11.7 Å². The van der Waals surface area contributed by atoms with Gasteiger partial charge in [0.2, 0.25) is 0 Å². The Kier molecular flexibility index (Phi) is 10.1. The van der Waals surface area contributed by atoms with Crippen molar-refractivity contribution < 1.29 is 24.5 Å². The number of fused-ring (bicyclic) bond motifs is 1. The number of benzene rings is 2. The van der Waals surface area contributed by atoms with Gasteiger partial charge in [0.1, 0.15) is 12.4 Å². The number of nitrogens with zero attached hydrogens (tertiary/aromatic N) is 3. The largest absolute Gasteiger partial charge is 0.491 e. The zero-order valence-corrected chi connectivity index (χ0v) is 28.7. The van der Waals surface area contributed by atoms with E-state index in [1.165, 1.54) is 11.1 Å². The molecule has 0 radical (unpaired) electrons. The van der Waals surface area contributed by atoms with E-state index in [1.807, 2.05) is 52.8 Å². The Hall–Kier alpha value is -3.46. The van der Waals surface area contributed by atoms with Crippen LogP contribution in [0.25, 0.3) is 11.1 Å². The lowest BCUT2D eigenvalue weighted by molar-refractivity contribution is -0.160. The zero-order chi connectivity index (χ0) is 33.2. The molecule has 0 spiro atoms. The van der Waals surface area contributed by atoms with Crippen LogP contribution in [-0.4, -0.2) is 64.5 Å². The molecule has 2 aromatic carbocycles. The summed E-state index contributed by atoms with van der Waals surface area (Å²) in [4.78, 5) is 22.6. The van der Waals surface area contributed by atoms with Gasteiger partial charge in [-0.25, -0.2) is 4.79 Å². The normalized spacial score (nSPS) is 17.4. The number of hydrogen-bond donors (Lipinski definition) is 2. The minimum Gasteiger partial charge on any atom is -0.491 e. The number of aryl methyl sites for hydroxylation is 2. The highest BCUT2D eigenvalue weighted by atomic mass is 16.5. The van der Waals surface area contributed by atoms with Crippen LogP contribution >= 0.6 is 0 Å². The van der Waals surface area contributed by atoms with Crippen LogP contribution in [0.1, 0.15) is 87.2 Å². The number of ether oxygens (including phenoxy) is 2. The summed E-state index contributed by atoms with van der Waals surface area (Å²) in [6, 6.07) is 14.8. The number of anilines is 1. The number of piperidine rings is 1. The predicted octanol–water partition coefficient (Wildman–Crippen LogP) is 6.86. The molecule has 3 heterocycles. The molecule has 8 heteroatoms. The Morgan fingerprint density at radius 3 is 2.41 bits per heavy atom. The van der Waals surface area contributed by atoms with Gasteiger partial charge in [-0.2, -0.15) is 0 Å². The maximum Gasteiger partial charge on any atom is 0.337 e. The van der Waals surface area contributed by atoms with Crippen molar-refractivity contribution in [2.75, 3.05) is 37.7 Å². The molecule has 1 atom stereocenters. The van der Waals surface area contributed by atoms with Crippen molar-refractivity contribution in [3.63, 3.8) is 0 Å². The number of rotatable bonds is 10. The summed E-state index contributed by atoms with van der Waals surface area (Å²) in [5.74, 6) is -0.179. The summed E-state index contributed by atoms with van der Waals surface area (Å²) in [7, 11) is 0. The van der Waals surface area contributed by atoms with Crippen LogP contribution in [0.5, 0.6) is 5.75 Å². The van der Waals surface area contributed by atoms with Crippen LogP contribution in [0.4, 0.5) is 5.69 Å². The average Bonchev–Trinajstić information content (AvgIpc) is 2.99. The van der Waals surface area contributed by atoms with Crippen molar-refractivity contribution in [3.05, 3.63) is 76.1 Å². The van der Waals surface area contributed by atoms with E-state index in [4.69, 9.17) is 14.5 Å². The molecule has 2 N–H and O–H groups in total. The maximum atomic E-state index is 12.8. The summed E-state index contributed by atoms with van der Waals surface area (Å²) in [5, 5.41) is 19.7. The molecule has 1 saturated heterocycles. The minimum atomic E-state index is -1.13. The molecule has 2 aliphatic rings. The van der Waals surface area contributed by atoms with E-state index in [-0.39, 0.29) is 18.6 Å². The Labute approximate surface area is 274 Å². The number of aromatic nitrogens is 1. The molecule has 248 valence electrons. The summed E-state index contributed by atoms with van der Waals surface area (Å²) < 4.78 is 12.0. The predicted molar refractivity (Wildman–Crippen MR) is 182 cm³/mol. The molecule has 5 rings (SSSR count). The fraction of sp³-hybridized carbons (Fsp3) is 0.526. The third-order valence-corrected chi connectivity index (χ3v) is 9.27. The second kappa shape index (κ2) is 13.7. The molecule has 1 fully saturated rings. The second-order valence-electron chi connectivity index (χ2n) is 14.6. The van der Waals surface area contributed by atoms with Gasteiger partial charge in [-0.15, -0.1) is 0 Å². The first kappa shape index (κ1) is 33.9. The van der Waals surface area contributed by atoms with Crippen LogP contribution in [0.2, 0.25) is 0 Å². The molecular formula is C38H51N3O5. The van der Waals surface area contributed by atoms with Crippen molar-refractivity contribution in [2.45, 2.75) is 92.5 Å². The van der Waals surface area contributed by atoms with E-state index in [0.717, 1.165) is 85.8 Å². The lowest BCUT2D eigenvalue weighted by Gasteiger charge is -2.41. The van der Waals surface area contributed by atoms with Gasteiger partial charge in [-0.3, -0.25) is 9.88 Å². The number of para-hydroxylation sites is 1. The van der Waals surface area contributed by atoms with Crippen LogP contribution in [0.3, 0.4) is 0 Å². The van der Waals surface area contributed by atoms with Crippen LogP contribution < -0.4 is 9.64 Å². The van der Waals surface area contributed by atoms with Crippen molar-refractivity contribution in [1.82, 2.24) is 9.88 Å². The third kappa shape index (κ3) is 7.73. The molecule has 46 heavy (non-hydrogen) atoms. The number of carbonyl (C=O) groups is 1. The van der Waals surface area contributed by atoms with E-state index < -0.39 is 17.7 Å². The van der Waals surface area contributed by atoms with Gasteiger partial charge in [-0.05, 0) is 82.1 Å². The Morgan fingerprint density at radius 2 is 1.74 bits per heavy atom. The molecular weight excluding hydrogens is 578 g/mol. The Bertz CT molecular complexity index is 1550. The second-order valence-corrected chi connectivity index (χ2v) is 14.6. The van der Waals surface area contributed by atoms with Crippen LogP contribution in [0.15, 0.2) is 42.5 Å². The number of aliphatic hydroxyl groups excluding tert-OH is 1. The molecule has 0 unspecified atom stereocenters. The monoisotopic (exact) mass is 629 g/mol. The number of carboxylic acids is 1. The number of aliphatic hydroxyl groups is 1. The maximum absolute atomic E-state index is 12.8. The first-order chi connectivity index (χ1) is 21.8. The van der Waals surface area contributed by atoms with Crippen LogP contribution in [0, 0.1) is 19.3 Å². The Balaban J connectivity index is 1.53. The van der Waals surface area contributed by atoms with Gasteiger partial charge in [0.25, 0.3) is 0 Å². The molecule has 0 amide bonds. The number of carboxylic acid groups (broad SMARTS) is 1. The highest BCUT2D eigenvalue weighted by molar-refractivity contribution is 5.88. The topological polar surface area (TPSA) is 95.4 Å². The van der Waals surface area contributed by atoms with Gasteiger partial charge in [0.15, 0.2) is 6.10 Å². The molecule has 3 aromatic rings. The SMILES string of the molecule is Cc1nc(C)c([C@H](OC(C)(C)C)C(=O)O)c(N2CCC(C)(C)CC2)c1-c1ccc2c(c1)CCN(Cc1ccccc1OCCO)C2. The van der Waals surface area contributed by atoms with E-state index in [9.17, 15) is 15.0 Å². The average molecular weight is 630 g/mol. The van der Waals surface area contributed by atoms with Gasteiger partial charge in [0.05, 0.1) is 17.9 Å². The smallest absolute Gasteiger partial charge is 0.337 e. The summed E-state index contributed by atoms with van der Waals surface area (Å²) in [5.41, 5.74) is 8.61. The van der Waals surface area contributed by atoms with E-state index in [2.05, 4.69) is 47.9 Å². The summed E-state index contributed by atoms with van der Waals surface area (Å²) in [6.45, 7) is 18.8. The molecule has 1 aromatic heterocycles. The van der Waals surface area contributed by atoms with Gasteiger partial charge in [-0.1, -0.05) is 50.2 Å². The summed E-state index contributed by atoms with van der Waals surface area (Å²) >= 11 is 0. The molecule has 8 nitrogen and oxygen atoms in total. The van der Waals surface area contributed by atoms with Crippen molar-refractivity contribution in [3.8, 4) is 16.9 Å². The summed E-state index contributed by atoms with van der Waals surface area (Å²) in [6.07, 6.45) is 1.83. The van der Waals surface area contributed by atoms with Gasteiger partial charge < -0.3 is 24.6 Å². The van der Waals surface area contributed by atoms with E-state index in [1.54, 1.807) is 0 Å². The third-order valence-electron chi connectivity index (χ3n) is 9.27.